The van der Waals surface area contributed by atoms with E-state index in [0.717, 1.165) is 29.7 Å². The number of carbonyl (C=O) groups is 1. The van der Waals surface area contributed by atoms with Gasteiger partial charge in [0.15, 0.2) is 0 Å². The van der Waals surface area contributed by atoms with Crippen molar-refractivity contribution in [1.82, 2.24) is 0 Å². The Morgan fingerprint density at radius 2 is 1.82 bits per heavy atom. The summed E-state index contributed by atoms with van der Waals surface area (Å²) in [4.78, 5) is 11.4. The molecule has 0 heterocycles. The molecule has 1 aliphatic rings. The van der Waals surface area contributed by atoms with E-state index in [9.17, 15) is 9.90 Å². The van der Waals surface area contributed by atoms with Crippen LogP contribution < -0.4 is 5.32 Å². The summed E-state index contributed by atoms with van der Waals surface area (Å²) >= 11 is 0. The van der Waals surface area contributed by atoms with E-state index in [-0.39, 0.29) is 5.92 Å². The van der Waals surface area contributed by atoms with Crippen LogP contribution in [0, 0.1) is 19.8 Å². The molecule has 0 saturated heterocycles. The van der Waals surface area contributed by atoms with Crippen LogP contribution in [0.4, 0.5) is 5.69 Å². The number of benzene rings is 1. The smallest absolute Gasteiger partial charge is 0.329 e. The number of carboxylic acids is 1. The molecule has 0 aromatic heterocycles. The van der Waals surface area contributed by atoms with Gasteiger partial charge in [0, 0.05) is 5.69 Å². The number of carboxylic acid groups (broad SMARTS) is 1. The van der Waals surface area contributed by atoms with Crippen LogP contribution in [0.5, 0.6) is 0 Å². The summed E-state index contributed by atoms with van der Waals surface area (Å²) in [5.74, 6) is -0.514. The van der Waals surface area contributed by atoms with Crippen LogP contribution in [-0.2, 0) is 4.79 Å². The van der Waals surface area contributed by atoms with Gasteiger partial charge in [-0.1, -0.05) is 6.07 Å². The van der Waals surface area contributed by atoms with Crippen molar-refractivity contribution in [1.29, 1.82) is 0 Å². The molecule has 2 N–H and O–H groups in total. The Morgan fingerprint density at radius 3 is 2.24 bits per heavy atom. The second-order valence-electron chi connectivity index (χ2n) is 5.28. The lowest BCUT2D eigenvalue weighted by Crippen LogP contribution is -2.45. The maximum Gasteiger partial charge on any atom is 0.329 e. The molecule has 1 atom stereocenters. The summed E-state index contributed by atoms with van der Waals surface area (Å²) in [6.07, 6.45) is 2.00. The van der Waals surface area contributed by atoms with Gasteiger partial charge in [0.25, 0.3) is 0 Å². The first kappa shape index (κ1) is 12.0. The van der Waals surface area contributed by atoms with Crippen molar-refractivity contribution in [3.05, 3.63) is 29.3 Å². The molecule has 1 saturated carbocycles. The highest BCUT2D eigenvalue weighted by molar-refractivity contribution is 5.83. The lowest BCUT2D eigenvalue weighted by Gasteiger charge is -2.27. The van der Waals surface area contributed by atoms with E-state index in [1.807, 2.05) is 26.0 Å². The van der Waals surface area contributed by atoms with E-state index in [1.54, 1.807) is 6.92 Å². The van der Waals surface area contributed by atoms with Gasteiger partial charge in [0.1, 0.15) is 5.54 Å². The topological polar surface area (TPSA) is 49.3 Å². The van der Waals surface area contributed by atoms with Crippen molar-refractivity contribution in [2.45, 2.75) is 39.2 Å². The highest BCUT2D eigenvalue weighted by Crippen LogP contribution is 2.41. The van der Waals surface area contributed by atoms with Crippen LogP contribution >= 0.6 is 0 Å². The molecule has 17 heavy (non-hydrogen) atoms. The number of rotatable bonds is 4. The van der Waals surface area contributed by atoms with Crippen LogP contribution in [-0.4, -0.2) is 16.6 Å². The molecule has 1 aliphatic carbocycles. The molecule has 1 aromatic rings. The molecule has 3 heteroatoms. The summed E-state index contributed by atoms with van der Waals surface area (Å²) in [5, 5.41) is 12.6. The number of aliphatic carboxylic acids is 1. The monoisotopic (exact) mass is 233 g/mol. The molecule has 2 rings (SSSR count). The molecule has 0 radical (unpaired) electrons. The second kappa shape index (κ2) is 4.06. The zero-order valence-electron chi connectivity index (χ0n) is 10.6. The van der Waals surface area contributed by atoms with Crippen LogP contribution in [0.25, 0.3) is 0 Å². The average Bonchev–Trinajstić information content (AvgIpc) is 2.97. The molecule has 92 valence electrons. The van der Waals surface area contributed by atoms with Crippen LogP contribution in [0.15, 0.2) is 18.2 Å². The van der Waals surface area contributed by atoms with Crippen LogP contribution in [0.1, 0.15) is 30.9 Å². The number of nitrogens with one attached hydrogen (secondary N) is 1. The molecule has 0 spiro atoms. The Hall–Kier alpha value is -1.51. The molecule has 0 amide bonds. The van der Waals surface area contributed by atoms with E-state index in [4.69, 9.17) is 0 Å². The summed E-state index contributed by atoms with van der Waals surface area (Å²) in [6, 6.07) is 6.08. The molecule has 1 fully saturated rings. The summed E-state index contributed by atoms with van der Waals surface area (Å²) < 4.78 is 0. The van der Waals surface area contributed by atoms with Gasteiger partial charge in [-0.25, -0.2) is 4.79 Å². The molecule has 1 aromatic carbocycles. The fraction of sp³-hybridized carbons (Fsp3) is 0.500. The van der Waals surface area contributed by atoms with Crippen molar-refractivity contribution in [3.8, 4) is 0 Å². The molecule has 0 aliphatic heterocycles. The van der Waals surface area contributed by atoms with E-state index < -0.39 is 11.5 Å². The molecule has 3 nitrogen and oxygen atoms in total. The largest absolute Gasteiger partial charge is 0.480 e. The molecular weight excluding hydrogens is 214 g/mol. The van der Waals surface area contributed by atoms with Gasteiger partial charge in [-0.3, -0.25) is 0 Å². The summed E-state index contributed by atoms with van der Waals surface area (Å²) in [6.45, 7) is 5.82. The van der Waals surface area contributed by atoms with Gasteiger partial charge in [-0.2, -0.15) is 0 Å². The average molecular weight is 233 g/mol. The van der Waals surface area contributed by atoms with Gasteiger partial charge < -0.3 is 10.4 Å². The number of hydrogen-bond acceptors (Lipinski definition) is 2. The van der Waals surface area contributed by atoms with Crippen molar-refractivity contribution in [2.24, 2.45) is 5.92 Å². The Labute approximate surface area is 102 Å². The number of aryl methyl sites for hydroxylation is 2. The third-order valence-corrected chi connectivity index (χ3v) is 3.46. The minimum atomic E-state index is -0.833. The third-order valence-electron chi connectivity index (χ3n) is 3.46. The Bertz CT molecular complexity index is 431. The molecule has 0 bridgehead atoms. The SMILES string of the molecule is Cc1cc(C)cc(NC(C)(C(=O)O)C2CC2)c1. The predicted octanol–water partition coefficient (Wildman–Crippen LogP) is 2.97. The summed E-state index contributed by atoms with van der Waals surface area (Å²) in [7, 11) is 0. The highest BCUT2D eigenvalue weighted by Gasteiger charge is 2.47. The van der Waals surface area contributed by atoms with Gasteiger partial charge in [0.05, 0.1) is 0 Å². The Kier molecular flexibility index (Phi) is 2.86. The van der Waals surface area contributed by atoms with Gasteiger partial charge in [0.2, 0.25) is 0 Å². The summed E-state index contributed by atoms with van der Waals surface area (Å²) in [5.41, 5.74) is 2.37. The standard InChI is InChI=1S/C14H19NO2/c1-9-6-10(2)8-12(7-9)15-14(3,13(16)17)11-4-5-11/h6-8,11,15H,4-5H2,1-3H3,(H,16,17). The van der Waals surface area contributed by atoms with Crippen LogP contribution in [0.2, 0.25) is 0 Å². The van der Waals surface area contributed by atoms with E-state index in [0.29, 0.717) is 0 Å². The Balaban J connectivity index is 2.26. The van der Waals surface area contributed by atoms with E-state index in [2.05, 4.69) is 11.4 Å². The lowest BCUT2D eigenvalue weighted by atomic mass is 9.95. The van der Waals surface area contributed by atoms with E-state index in [1.165, 1.54) is 0 Å². The lowest BCUT2D eigenvalue weighted by molar-refractivity contribution is -0.142. The maximum atomic E-state index is 11.4. The fourth-order valence-corrected chi connectivity index (χ4v) is 2.34. The number of anilines is 1. The first-order valence-corrected chi connectivity index (χ1v) is 6.01. The third kappa shape index (κ3) is 2.43. The Morgan fingerprint density at radius 1 is 1.29 bits per heavy atom. The van der Waals surface area contributed by atoms with Crippen molar-refractivity contribution < 1.29 is 9.90 Å². The van der Waals surface area contributed by atoms with Crippen molar-refractivity contribution >= 4 is 11.7 Å². The predicted molar refractivity (Wildman–Crippen MR) is 68.3 cm³/mol. The first-order chi connectivity index (χ1) is 7.91. The fourth-order valence-electron chi connectivity index (χ4n) is 2.34. The quantitative estimate of drug-likeness (QED) is 0.840. The van der Waals surface area contributed by atoms with E-state index >= 15 is 0 Å². The van der Waals surface area contributed by atoms with Crippen molar-refractivity contribution in [2.75, 3.05) is 5.32 Å². The minimum absolute atomic E-state index is 0.251. The number of hydrogen-bond donors (Lipinski definition) is 2. The highest BCUT2D eigenvalue weighted by atomic mass is 16.4. The minimum Gasteiger partial charge on any atom is -0.480 e. The van der Waals surface area contributed by atoms with Gasteiger partial charge in [-0.15, -0.1) is 0 Å². The normalized spacial score (nSPS) is 18.5. The van der Waals surface area contributed by atoms with Crippen LogP contribution in [0.3, 0.4) is 0 Å². The molecular formula is C14H19NO2. The van der Waals surface area contributed by atoms with Crippen molar-refractivity contribution in [3.63, 3.8) is 0 Å². The molecule has 1 unspecified atom stereocenters. The zero-order valence-corrected chi connectivity index (χ0v) is 10.6. The zero-order chi connectivity index (χ0) is 12.6. The first-order valence-electron chi connectivity index (χ1n) is 6.01. The van der Waals surface area contributed by atoms with Gasteiger partial charge >= 0.3 is 5.97 Å². The van der Waals surface area contributed by atoms with Gasteiger partial charge in [-0.05, 0) is 62.8 Å². The second-order valence-corrected chi connectivity index (χ2v) is 5.28. The maximum absolute atomic E-state index is 11.4.